The number of hydrogen-bond donors (Lipinski definition) is 0. The standard InChI is InChI=1S/C6H3Cl3N2O2/c1-2-3(7)5(8)10-6(9)4(2)11(12)13/h1H3. The third kappa shape index (κ3) is 1.85. The Morgan fingerprint density at radius 2 is 1.85 bits per heavy atom. The van der Waals surface area contributed by atoms with Gasteiger partial charge >= 0.3 is 5.69 Å². The number of hydrogen-bond acceptors (Lipinski definition) is 3. The van der Waals surface area contributed by atoms with E-state index in [1.165, 1.54) is 6.92 Å². The summed E-state index contributed by atoms with van der Waals surface area (Å²) < 4.78 is 0. The molecule has 0 saturated carbocycles. The van der Waals surface area contributed by atoms with Gasteiger partial charge in [-0.15, -0.1) is 0 Å². The van der Waals surface area contributed by atoms with Crippen molar-refractivity contribution in [2.75, 3.05) is 0 Å². The predicted octanol–water partition coefficient (Wildman–Crippen LogP) is 3.26. The summed E-state index contributed by atoms with van der Waals surface area (Å²) in [4.78, 5) is 13.4. The fourth-order valence-electron chi connectivity index (χ4n) is 0.814. The summed E-state index contributed by atoms with van der Waals surface area (Å²) in [7, 11) is 0. The Balaban J connectivity index is 3.53. The minimum atomic E-state index is -0.646. The Bertz CT molecular complexity index is 381. The quantitative estimate of drug-likeness (QED) is 0.431. The molecule has 1 heterocycles. The first-order valence-electron chi connectivity index (χ1n) is 3.10. The van der Waals surface area contributed by atoms with E-state index < -0.39 is 4.92 Å². The van der Waals surface area contributed by atoms with Crippen molar-refractivity contribution in [1.29, 1.82) is 0 Å². The Morgan fingerprint density at radius 3 is 2.31 bits per heavy atom. The molecule has 0 amide bonds. The number of aromatic nitrogens is 1. The summed E-state index contributed by atoms with van der Waals surface area (Å²) in [6.07, 6.45) is 0. The molecule has 13 heavy (non-hydrogen) atoms. The van der Waals surface area contributed by atoms with Gasteiger partial charge in [0.1, 0.15) is 5.15 Å². The largest absolute Gasteiger partial charge is 0.310 e. The summed E-state index contributed by atoms with van der Waals surface area (Å²) in [5, 5.41) is 10.3. The maximum atomic E-state index is 10.5. The Kier molecular flexibility index (Phi) is 2.95. The van der Waals surface area contributed by atoms with Gasteiger partial charge in [0, 0.05) is 0 Å². The fourth-order valence-corrected chi connectivity index (χ4v) is 1.51. The molecule has 7 heteroatoms. The number of nitro groups is 1. The van der Waals surface area contributed by atoms with Crippen LogP contribution in [-0.4, -0.2) is 9.91 Å². The van der Waals surface area contributed by atoms with Crippen LogP contribution in [-0.2, 0) is 0 Å². The highest BCUT2D eigenvalue weighted by Gasteiger charge is 2.22. The van der Waals surface area contributed by atoms with Gasteiger partial charge in [0.15, 0.2) is 0 Å². The van der Waals surface area contributed by atoms with Crippen molar-refractivity contribution in [3.63, 3.8) is 0 Å². The summed E-state index contributed by atoms with van der Waals surface area (Å²) in [6.45, 7) is 1.46. The van der Waals surface area contributed by atoms with Gasteiger partial charge in [-0.3, -0.25) is 10.1 Å². The van der Waals surface area contributed by atoms with Crippen molar-refractivity contribution in [3.8, 4) is 0 Å². The van der Waals surface area contributed by atoms with Crippen LogP contribution in [0, 0.1) is 17.0 Å². The lowest BCUT2D eigenvalue weighted by atomic mass is 10.2. The van der Waals surface area contributed by atoms with Crippen LogP contribution in [0.1, 0.15) is 5.56 Å². The number of pyridine rings is 1. The molecule has 0 aliphatic carbocycles. The van der Waals surface area contributed by atoms with Crippen LogP contribution in [0.25, 0.3) is 0 Å². The first-order chi connectivity index (χ1) is 5.95. The molecule has 4 nitrogen and oxygen atoms in total. The zero-order chi connectivity index (χ0) is 10.2. The van der Waals surface area contributed by atoms with Gasteiger partial charge < -0.3 is 0 Å². The van der Waals surface area contributed by atoms with E-state index in [1.54, 1.807) is 0 Å². The van der Waals surface area contributed by atoms with Gasteiger partial charge in [0.05, 0.1) is 15.5 Å². The van der Waals surface area contributed by atoms with Gasteiger partial charge in [-0.2, -0.15) is 0 Å². The average molecular weight is 241 g/mol. The summed E-state index contributed by atoms with van der Waals surface area (Å²) >= 11 is 16.7. The normalized spacial score (nSPS) is 10.2. The van der Waals surface area contributed by atoms with E-state index >= 15 is 0 Å². The molecule has 0 spiro atoms. The smallest absolute Gasteiger partial charge is 0.258 e. The maximum absolute atomic E-state index is 10.5. The van der Waals surface area contributed by atoms with Gasteiger partial charge in [-0.05, 0) is 6.92 Å². The van der Waals surface area contributed by atoms with Crippen molar-refractivity contribution in [2.45, 2.75) is 6.92 Å². The first-order valence-corrected chi connectivity index (χ1v) is 4.24. The summed E-state index contributed by atoms with van der Waals surface area (Å²) in [5.74, 6) is 0. The van der Waals surface area contributed by atoms with E-state index in [4.69, 9.17) is 34.8 Å². The summed E-state index contributed by atoms with van der Waals surface area (Å²) in [5.41, 5.74) is -0.0901. The van der Waals surface area contributed by atoms with Crippen LogP contribution in [0.15, 0.2) is 0 Å². The third-order valence-corrected chi connectivity index (χ3v) is 2.54. The molecule has 0 N–H and O–H groups in total. The molecule has 1 rings (SSSR count). The molecular formula is C6H3Cl3N2O2. The average Bonchev–Trinajstić information content (AvgIpc) is 1.99. The van der Waals surface area contributed by atoms with Crippen LogP contribution in [0.4, 0.5) is 5.69 Å². The van der Waals surface area contributed by atoms with Crippen molar-refractivity contribution >= 4 is 40.5 Å². The molecule has 0 aromatic carbocycles. The molecule has 0 unspecified atom stereocenters. The highest BCUT2D eigenvalue weighted by Crippen LogP contribution is 2.35. The second-order valence-corrected chi connectivity index (χ2v) is 3.33. The molecular weight excluding hydrogens is 238 g/mol. The second kappa shape index (κ2) is 3.65. The lowest BCUT2D eigenvalue weighted by Crippen LogP contribution is -1.96. The molecule has 0 atom stereocenters. The highest BCUT2D eigenvalue weighted by molar-refractivity contribution is 6.43. The van der Waals surface area contributed by atoms with Crippen molar-refractivity contribution in [1.82, 2.24) is 4.98 Å². The van der Waals surface area contributed by atoms with Crippen molar-refractivity contribution in [2.24, 2.45) is 0 Å². The zero-order valence-electron chi connectivity index (χ0n) is 6.34. The fraction of sp³-hybridized carbons (Fsp3) is 0.167. The molecule has 0 aliphatic rings. The van der Waals surface area contributed by atoms with Crippen LogP contribution < -0.4 is 0 Å². The Hall–Kier alpha value is -0.580. The number of nitrogens with zero attached hydrogens (tertiary/aromatic N) is 2. The number of halogens is 3. The van der Waals surface area contributed by atoms with E-state index in [2.05, 4.69) is 4.98 Å². The monoisotopic (exact) mass is 240 g/mol. The third-order valence-electron chi connectivity index (χ3n) is 1.44. The highest BCUT2D eigenvalue weighted by atomic mass is 35.5. The van der Waals surface area contributed by atoms with Crippen LogP contribution >= 0.6 is 34.8 Å². The molecule has 0 saturated heterocycles. The molecule has 0 bridgehead atoms. The topological polar surface area (TPSA) is 56.0 Å². The van der Waals surface area contributed by atoms with E-state index in [9.17, 15) is 10.1 Å². The van der Waals surface area contributed by atoms with E-state index in [1.807, 2.05) is 0 Å². The molecule has 70 valence electrons. The molecule has 1 aromatic rings. The predicted molar refractivity (Wildman–Crippen MR) is 50.7 cm³/mol. The Labute approximate surface area is 88.6 Å². The lowest BCUT2D eigenvalue weighted by Gasteiger charge is -2.02. The van der Waals surface area contributed by atoms with Crippen LogP contribution in [0.2, 0.25) is 15.3 Å². The minimum Gasteiger partial charge on any atom is -0.258 e. The first kappa shape index (κ1) is 10.5. The minimum absolute atomic E-state index is 0.0326. The summed E-state index contributed by atoms with van der Waals surface area (Å²) in [6, 6.07) is 0. The van der Waals surface area contributed by atoms with E-state index in [0.717, 1.165) is 0 Å². The van der Waals surface area contributed by atoms with Gasteiger partial charge in [0.25, 0.3) is 0 Å². The van der Waals surface area contributed by atoms with E-state index in [-0.39, 0.29) is 26.6 Å². The molecule has 0 radical (unpaired) electrons. The maximum Gasteiger partial charge on any atom is 0.310 e. The van der Waals surface area contributed by atoms with E-state index in [0.29, 0.717) is 0 Å². The van der Waals surface area contributed by atoms with Gasteiger partial charge in [0.2, 0.25) is 5.15 Å². The number of rotatable bonds is 1. The van der Waals surface area contributed by atoms with Crippen molar-refractivity contribution < 1.29 is 4.92 Å². The van der Waals surface area contributed by atoms with Crippen molar-refractivity contribution in [3.05, 3.63) is 31.0 Å². The zero-order valence-corrected chi connectivity index (χ0v) is 8.61. The SMILES string of the molecule is Cc1c(Cl)c(Cl)nc(Cl)c1[N+](=O)[O-]. The van der Waals surface area contributed by atoms with Gasteiger partial charge in [-0.1, -0.05) is 34.8 Å². The second-order valence-electron chi connectivity index (χ2n) is 2.24. The molecule has 0 aliphatic heterocycles. The lowest BCUT2D eigenvalue weighted by molar-refractivity contribution is -0.385. The van der Waals surface area contributed by atoms with Crippen LogP contribution in [0.3, 0.4) is 0 Å². The molecule has 1 aromatic heterocycles. The Morgan fingerprint density at radius 1 is 1.31 bits per heavy atom. The van der Waals surface area contributed by atoms with Crippen LogP contribution in [0.5, 0.6) is 0 Å². The van der Waals surface area contributed by atoms with Gasteiger partial charge in [-0.25, -0.2) is 4.98 Å². The molecule has 0 fully saturated rings.